The Kier molecular flexibility index (Phi) is 6.64. The number of carboxylic acid groups (broad SMARTS) is 1. The smallest absolute Gasteiger partial charge is 0.341 e. The number of nitrogens with one attached hydrogen (secondary N) is 2. The standard InChI is InChI=1S/C23H18F2N4O4S/c1-2-26-22(32)29-23-28-20-18(25)14(12-5-3-6-13(9-12)33-11-17(30)31)10-15(21(20)34-23)19-16(24)7-4-8-27-19/h3-10H,2,11H2,1H3,(H,30,31)(H2,26,28,29,32). The van der Waals surface area contributed by atoms with Crippen molar-refractivity contribution in [3.63, 3.8) is 0 Å². The van der Waals surface area contributed by atoms with Crippen molar-refractivity contribution in [2.24, 2.45) is 0 Å². The number of carboxylic acids is 1. The number of fused-ring (bicyclic) bond motifs is 1. The largest absolute Gasteiger partial charge is 0.482 e. The first-order valence-corrected chi connectivity index (χ1v) is 10.9. The summed E-state index contributed by atoms with van der Waals surface area (Å²) < 4.78 is 35.8. The first kappa shape index (κ1) is 23.1. The van der Waals surface area contributed by atoms with E-state index in [0.717, 1.165) is 11.3 Å². The molecular weight excluding hydrogens is 466 g/mol. The Morgan fingerprint density at radius 1 is 1.15 bits per heavy atom. The van der Waals surface area contributed by atoms with Gasteiger partial charge in [0, 0.05) is 23.9 Å². The van der Waals surface area contributed by atoms with Gasteiger partial charge in [-0.05, 0) is 42.8 Å². The average Bonchev–Trinajstić information content (AvgIpc) is 3.23. The molecule has 2 heterocycles. The Morgan fingerprint density at radius 3 is 2.71 bits per heavy atom. The number of amides is 2. The highest BCUT2D eigenvalue weighted by Gasteiger charge is 2.22. The van der Waals surface area contributed by atoms with E-state index >= 15 is 4.39 Å². The molecule has 4 aromatic rings. The maximum atomic E-state index is 15.7. The number of carbonyl (C=O) groups excluding carboxylic acids is 1. The van der Waals surface area contributed by atoms with Gasteiger partial charge in [-0.25, -0.2) is 23.4 Å². The predicted octanol–water partition coefficient (Wildman–Crippen LogP) is 4.91. The van der Waals surface area contributed by atoms with E-state index in [1.165, 1.54) is 30.5 Å². The lowest BCUT2D eigenvalue weighted by Crippen LogP contribution is -2.28. The first-order valence-electron chi connectivity index (χ1n) is 10.1. The molecule has 0 radical (unpaired) electrons. The zero-order chi connectivity index (χ0) is 24.2. The molecule has 8 nitrogen and oxygen atoms in total. The lowest BCUT2D eigenvalue weighted by atomic mass is 9.99. The van der Waals surface area contributed by atoms with Crippen LogP contribution in [0.25, 0.3) is 32.6 Å². The van der Waals surface area contributed by atoms with Crippen LogP contribution < -0.4 is 15.4 Å². The third-order valence-electron chi connectivity index (χ3n) is 4.68. The van der Waals surface area contributed by atoms with Gasteiger partial charge < -0.3 is 15.2 Å². The Hall–Kier alpha value is -4.12. The van der Waals surface area contributed by atoms with E-state index in [-0.39, 0.29) is 27.7 Å². The van der Waals surface area contributed by atoms with Crippen LogP contribution in [0.3, 0.4) is 0 Å². The first-order chi connectivity index (χ1) is 16.4. The van der Waals surface area contributed by atoms with Gasteiger partial charge in [-0.1, -0.05) is 23.5 Å². The quantitative estimate of drug-likeness (QED) is 0.344. The van der Waals surface area contributed by atoms with Crippen LogP contribution in [-0.2, 0) is 4.79 Å². The van der Waals surface area contributed by atoms with E-state index in [0.29, 0.717) is 22.4 Å². The molecule has 3 N–H and O–H groups in total. The van der Waals surface area contributed by atoms with Crippen molar-refractivity contribution in [2.45, 2.75) is 6.92 Å². The van der Waals surface area contributed by atoms with Crippen molar-refractivity contribution < 1.29 is 28.2 Å². The third kappa shape index (κ3) is 4.79. The molecule has 0 saturated carbocycles. The summed E-state index contributed by atoms with van der Waals surface area (Å²) >= 11 is 0.994. The van der Waals surface area contributed by atoms with E-state index in [2.05, 4.69) is 20.6 Å². The number of urea groups is 1. The fourth-order valence-corrected chi connectivity index (χ4v) is 4.25. The van der Waals surface area contributed by atoms with Gasteiger partial charge in [-0.3, -0.25) is 10.3 Å². The van der Waals surface area contributed by atoms with E-state index < -0.39 is 30.2 Å². The molecule has 0 fully saturated rings. The Bertz CT molecular complexity index is 1390. The third-order valence-corrected chi connectivity index (χ3v) is 5.69. The number of hydrogen-bond donors (Lipinski definition) is 3. The highest BCUT2D eigenvalue weighted by atomic mass is 32.1. The number of carbonyl (C=O) groups is 2. The molecule has 0 spiro atoms. The van der Waals surface area contributed by atoms with Gasteiger partial charge in [-0.2, -0.15) is 0 Å². The van der Waals surface area contributed by atoms with Gasteiger partial charge in [0.1, 0.15) is 22.8 Å². The topological polar surface area (TPSA) is 113 Å². The van der Waals surface area contributed by atoms with Crippen molar-refractivity contribution >= 4 is 38.7 Å². The van der Waals surface area contributed by atoms with Crippen LogP contribution in [0.15, 0.2) is 48.7 Å². The molecule has 0 saturated heterocycles. The molecule has 174 valence electrons. The molecule has 0 atom stereocenters. The van der Waals surface area contributed by atoms with Crippen LogP contribution in [0.4, 0.5) is 18.7 Å². The summed E-state index contributed by atoms with van der Waals surface area (Å²) in [5, 5.41) is 14.1. The molecule has 2 aromatic heterocycles. The van der Waals surface area contributed by atoms with Crippen LogP contribution in [0.2, 0.25) is 0 Å². The number of aliphatic carboxylic acids is 1. The second kappa shape index (κ2) is 9.79. The maximum absolute atomic E-state index is 15.7. The molecule has 0 unspecified atom stereocenters. The second-order valence-corrected chi connectivity index (χ2v) is 8.01. The van der Waals surface area contributed by atoms with Gasteiger partial charge in [0.05, 0.1) is 4.70 Å². The van der Waals surface area contributed by atoms with E-state index in [9.17, 15) is 14.0 Å². The Morgan fingerprint density at radius 2 is 1.97 bits per heavy atom. The van der Waals surface area contributed by atoms with Crippen molar-refractivity contribution in [3.8, 4) is 28.1 Å². The van der Waals surface area contributed by atoms with Crippen molar-refractivity contribution in [1.29, 1.82) is 0 Å². The molecule has 2 amide bonds. The summed E-state index contributed by atoms with van der Waals surface area (Å²) in [5.41, 5.74) is 0.684. The van der Waals surface area contributed by atoms with E-state index in [4.69, 9.17) is 9.84 Å². The zero-order valence-electron chi connectivity index (χ0n) is 17.8. The predicted molar refractivity (Wildman–Crippen MR) is 124 cm³/mol. The molecule has 0 aliphatic heterocycles. The lowest BCUT2D eigenvalue weighted by Gasteiger charge is -2.11. The summed E-state index contributed by atoms with van der Waals surface area (Å²) in [6, 6.07) is 9.84. The highest BCUT2D eigenvalue weighted by Crippen LogP contribution is 2.41. The maximum Gasteiger partial charge on any atom is 0.341 e. The fourth-order valence-electron chi connectivity index (χ4n) is 3.28. The number of aromatic nitrogens is 2. The number of rotatable bonds is 7. The van der Waals surface area contributed by atoms with Crippen LogP contribution in [0.1, 0.15) is 6.92 Å². The number of nitrogens with zero attached hydrogens (tertiary/aromatic N) is 2. The molecule has 0 aliphatic rings. The average molecular weight is 484 g/mol. The van der Waals surface area contributed by atoms with E-state index in [1.807, 2.05) is 0 Å². The van der Waals surface area contributed by atoms with Crippen molar-refractivity contribution in [1.82, 2.24) is 15.3 Å². The van der Waals surface area contributed by atoms with Gasteiger partial charge >= 0.3 is 12.0 Å². The number of benzene rings is 2. The van der Waals surface area contributed by atoms with Gasteiger partial charge in [-0.15, -0.1) is 0 Å². The van der Waals surface area contributed by atoms with Crippen LogP contribution >= 0.6 is 11.3 Å². The molecule has 0 bridgehead atoms. The zero-order valence-corrected chi connectivity index (χ0v) is 18.6. The number of pyridine rings is 1. The Labute approximate surface area is 196 Å². The van der Waals surface area contributed by atoms with Crippen molar-refractivity contribution in [3.05, 3.63) is 60.3 Å². The van der Waals surface area contributed by atoms with Gasteiger partial charge in [0.2, 0.25) is 0 Å². The molecule has 4 rings (SSSR count). The summed E-state index contributed by atoms with van der Waals surface area (Å²) in [5.74, 6) is -2.22. The number of hydrogen-bond acceptors (Lipinski definition) is 6. The minimum absolute atomic E-state index is 0.000224. The minimum Gasteiger partial charge on any atom is -0.482 e. The molecule has 0 aliphatic carbocycles. The molecule has 11 heteroatoms. The Balaban J connectivity index is 1.89. The SMILES string of the molecule is CCNC(=O)Nc1nc2c(F)c(-c3cccc(OCC(=O)O)c3)cc(-c3ncccc3F)c2s1. The minimum atomic E-state index is -1.15. The lowest BCUT2D eigenvalue weighted by molar-refractivity contribution is -0.139. The highest BCUT2D eigenvalue weighted by molar-refractivity contribution is 7.22. The van der Waals surface area contributed by atoms with Gasteiger partial charge in [0.15, 0.2) is 17.6 Å². The number of halogens is 2. The van der Waals surface area contributed by atoms with Crippen LogP contribution in [-0.4, -0.2) is 40.2 Å². The monoisotopic (exact) mass is 484 g/mol. The number of ether oxygens (including phenoxy) is 1. The van der Waals surface area contributed by atoms with Crippen LogP contribution in [0, 0.1) is 11.6 Å². The summed E-state index contributed by atoms with van der Waals surface area (Å²) in [7, 11) is 0. The fraction of sp³-hybridized carbons (Fsp3) is 0.130. The second-order valence-electron chi connectivity index (χ2n) is 7.01. The van der Waals surface area contributed by atoms with Gasteiger partial charge in [0.25, 0.3) is 0 Å². The molecular formula is C23H18F2N4O4S. The van der Waals surface area contributed by atoms with E-state index in [1.54, 1.807) is 25.1 Å². The van der Waals surface area contributed by atoms with Crippen LogP contribution in [0.5, 0.6) is 5.75 Å². The summed E-state index contributed by atoms with van der Waals surface area (Å²) in [4.78, 5) is 31.1. The number of thiazole rings is 1. The van der Waals surface area contributed by atoms with Crippen molar-refractivity contribution in [2.75, 3.05) is 18.5 Å². The number of anilines is 1. The normalized spacial score (nSPS) is 10.8. The molecule has 2 aromatic carbocycles. The molecule has 34 heavy (non-hydrogen) atoms. The summed E-state index contributed by atoms with van der Waals surface area (Å²) in [6.45, 7) is 1.58. The summed E-state index contributed by atoms with van der Waals surface area (Å²) in [6.07, 6.45) is 1.42.